The highest BCUT2D eigenvalue weighted by Gasteiger charge is 2.31. The molecule has 108 valence electrons. The molecule has 1 saturated heterocycles. The fourth-order valence-electron chi connectivity index (χ4n) is 2.13. The van der Waals surface area contributed by atoms with Gasteiger partial charge >= 0.3 is 0 Å². The molecule has 5 nitrogen and oxygen atoms in total. The van der Waals surface area contributed by atoms with E-state index in [1.54, 1.807) is 0 Å². The van der Waals surface area contributed by atoms with Crippen LogP contribution in [0.5, 0.6) is 0 Å². The van der Waals surface area contributed by atoms with Crippen molar-refractivity contribution in [2.75, 3.05) is 32.1 Å². The Bertz CT molecular complexity index is 324. The molecule has 0 saturated carbocycles. The largest absolute Gasteiger partial charge is 0.380 e. The van der Waals surface area contributed by atoms with Crippen LogP contribution in [0.3, 0.4) is 0 Å². The van der Waals surface area contributed by atoms with Crippen LogP contribution in [-0.4, -0.2) is 46.0 Å². The van der Waals surface area contributed by atoms with Gasteiger partial charge in [0.25, 0.3) is 0 Å². The van der Waals surface area contributed by atoms with Gasteiger partial charge in [-0.05, 0) is 45.7 Å². The predicted octanol–water partition coefficient (Wildman–Crippen LogP) is 0.865. The van der Waals surface area contributed by atoms with E-state index < -0.39 is 15.6 Å². The summed E-state index contributed by atoms with van der Waals surface area (Å²) in [4.78, 5) is 0. The summed E-state index contributed by atoms with van der Waals surface area (Å²) in [5, 5.41) is 3.20. The Morgan fingerprint density at radius 3 is 2.72 bits per heavy atom. The van der Waals surface area contributed by atoms with Crippen molar-refractivity contribution in [2.24, 2.45) is 0 Å². The average Bonchev–Trinajstić information content (AvgIpc) is 2.28. The lowest BCUT2D eigenvalue weighted by atomic mass is 9.97. The van der Waals surface area contributed by atoms with Crippen LogP contribution in [-0.2, 0) is 14.8 Å². The van der Waals surface area contributed by atoms with Crippen LogP contribution in [0.1, 0.15) is 39.5 Å². The van der Waals surface area contributed by atoms with Crippen LogP contribution >= 0.6 is 0 Å². The minimum absolute atomic E-state index is 0.180. The minimum Gasteiger partial charge on any atom is -0.380 e. The first-order chi connectivity index (χ1) is 8.47. The Labute approximate surface area is 111 Å². The molecular weight excluding hydrogens is 252 g/mol. The van der Waals surface area contributed by atoms with E-state index >= 15 is 0 Å². The van der Waals surface area contributed by atoms with E-state index in [1.165, 1.54) is 0 Å². The van der Waals surface area contributed by atoms with Gasteiger partial charge in [-0.3, -0.25) is 0 Å². The fourth-order valence-corrected chi connectivity index (χ4v) is 3.67. The quantitative estimate of drug-likeness (QED) is 0.646. The zero-order valence-electron chi connectivity index (χ0n) is 11.5. The molecule has 1 aliphatic heterocycles. The normalized spacial score (nSPS) is 25.2. The highest BCUT2D eigenvalue weighted by Crippen LogP contribution is 2.19. The van der Waals surface area contributed by atoms with Gasteiger partial charge in [0.15, 0.2) is 0 Å². The molecule has 18 heavy (non-hydrogen) atoms. The Morgan fingerprint density at radius 1 is 1.33 bits per heavy atom. The highest BCUT2D eigenvalue weighted by molar-refractivity contribution is 7.89. The van der Waals surface area contributed by atoms with Gasteiger partial charge in [-0.15, -0.1) is 0 Å². The van der Waals surface area contributed by atoms with Crippen molar-refractivity contribution >= 4 is 10.0 Å². The lowest BCUT2D eigenvalue weighted by molar-refractivity contribution is 0.0386. The zero-order chi connectivity index (χ0) is 13.5. The molecule has 0 spiro atoms. The number of rotatable bonds is 8. The third-order valence-electron chi connectivity index (χ3n) is 3.03. The molecule has 0 amide bonds. The van der Waals surface area contributed by atoms with Crippen LogP contribution in [0, 0.1) is 0 Å². The lowest BCUT2D eigenvalue weighted by Crippen LogP contribution is -2.52. The van der Waals surface area contributed by atoms with E-state index in [4.69, 9.17) is 4.74 Å². The maximum atomic E-state index is 11.9. The van der Waals surface area contributed by atoms with Gasteiger partial charge in [-0.2, -0.15) is 0 Å². The first-order valence-electron chi connectivity index (χ1n) is 6.77. The van der Waals surface area contributed by atoms with Crippen LogP contribution < -0.4 is 10.0 Å². The minimum atomic E-state index is -3.20. The third-order valence-corrected chi connectivity index (χ3v) is 4.66. The van der Waals surface area contributed by atoms with E-state index in [9.17, 15) is 8.42 Å². The zero-order valence-corrected chi connectivity index (χ0v) is 12.3. The van der Waals surface area contributed by atoms with Crippen LogP contribution in [0.2, 0.25) is 0 Å². The van der Waals surface area contributed by atoms with Gasteiger partial charge in [-0.25, -0.2) is 13.1 Å². The molecule has 1 heterocycles. The molecule has 0 radical (unpaired) electrons. The summed E-state index contributed by atoms with van der Waals surface area (Å²) < 4.78 is 32.0. The van der Waals surface area contributed by atoms with Gasteiger partial charge in [0.05, 0.1) is 17.9 Å². The molecule has 1 fully saturated rings. The number of ether oxygens (including phenoxy) is 1. The summed E-state index contributed by atoms with van der Waals surface area (Å²) in [6.07, 6.45) is 3.48. The molecule has 1 rings (SSSR count). The van der Waals surface area contributed by atoms with Crippen molar-refractivity contribution in [1.29, 1.82) is 0 Å². The van der Waals surface area contributed by atoms with E-state index in [0.717, 1.165) is 39.0 Å². The topological polar surface area (TPSA) is 67.4 Å². The van der Waals surface area contributed by atoms with Crippen molar-refractivity contribution < 1.29 is 13.2 Å². The molecule has 6 heteroatoms. The summed E-state index contributed by atoms with van der Waals surface area (Å²) >= 11 is 0. The van der Waals surface area contributed by atoms with Crippen molar-refractivity contribution in [3.8, 4) is 0 Å². The predicted molar refractivity (Wildman–Crippen MR) is 73.2 cm³/mol. The fraction of sp³-hybridized carbons (Fsp3) is 1.00. The first kappa shape index (κ1) is 15.9. The Morgan fingerprint density at radius 2 is 2.11 bits per heavy atom. The maximum absolute atomic E-state index is 11.9. The maximum Gasteiger partial charge on any atom is 0.212 e. The summed E-state index contributed by atoms with van der Waals surface area (Å²) in [7, 11) is -3.20. The summed E-state index contributed by atoms with van der Waals surface area (Å²) in [5.41, 5.74) is -0.423. The monoisotopic (exact) mass is 278 g/mol. The second kappa shape index (κ2) is 7.43. The standard InChI is InChI=1S/C12H26N2O3S/c1-3-7-13-8-5-10-18(15,16)14-12(2)6-4-9-17-11-12/h13-14H,3-11H2,1-2H3. The van der Waals surface area contributed by atoms with Crippen molar-refractivity contribution in [1.82, 2.24) is 10.0 Å². The molecule has 1 atom stereocenters. The van der Waals surface area contributed by atoms with E-state index in [1.807, 2.05) is 6.92 Å². The van der Waals surface area contributed by atoms with Crippen LogP contribution in [0.15, 0.2) is 0 Å². The average molecular weight is 278 g/mol. The third kappa shape index (κ3) is 6.13. The van der Waals surface area contributed by atoms with Crippen LogP contribution in [0.25, 0.3) is 0 Å². The second-order valence-electron chi connectivity index (χ2n) is 5.24. The van der Waals surface area contributed by atoms with Crippen molar-refractivity contribution in [2.45, 2.75) is 45.1 Å². The van der Waals surface area contributed by atoms with Crippen LogP contribution in [0.4, 0.5) is 0 Å². The second-order valence-corrected chi connectivity index (χ2v) is 7.08. The number of sulfonamides is 1. The molecule has 1 unspecified atom stereocenters. The Hall–Kier alpha value is -0.170. The van der Waals surface area contributed by atoms with Crippen molar-refractivity contribution in [3.63, 3.8) is 0 Å². The molecule has 0 bridgehead atoms. The van der Waals surface area contributed by atoms with Gasteiger partial charge in [0.1, 0.15) is 0 Å². The van der Waals surface area contributed by atoms with Gasteiger partial charge in [0, 0.05) is 6.61 Å². The SMILES string of the molecule is CCCNCCCS(=O)(=O)NC1(C)CCCOC1. The summed E-state index contributed by atoms with van der Waals surface area (Å²) in [5.74, 6) is 0.180. The Kier molecular flexibility index (Phi) is 6.55. The highest BCUT2D eigenvalue weighted by atomic mass is 32.2. The number of hydrogen-bond acceptors (Lipinski definition) is 4. The molecule has 0 aromatic heterocycles. The first-order valence-corrected chi connectivity index (χ1v) is 8.43. The van der Waals surface area contributed by atoms with E-state index in [0.29, 0.717) is 13.0 Å². The molecule has 0 aliphatic carbocycles. The molecule has 0 aromatic carbocycles. The molecule has 0 aromatic rings. The lowest BCUT2D eigenvalue weighted by Gasteiger charge is -2.33. The summed E-state index contributed by atoms with van der Waals surface area (Å²) in [6, 6.07) is 0. The van der Waals surface area contributed by atoms with Crippen molar-refractivity contribution in [3.05, 3.63) is 0 Å². The van der Waals surface area contributed by atoms with Gasteiger partial charge < -0.3 is 10.1 Å². The molecular formula is C12H26N2O3S. The Balaban J connectivity index is 2.30. The molecule has 1 aliphatic rings. The van der Waals surface area contributed by atoms with E-state index in [-0.39, 0.29) is 5.75 Å². The summed E-state index contributed by atoms with van der Waals surface area (Å²) in [6.45, 7) is 6.91. The smallest absolute Gasteiger partial charge is 0.212 e. The molecule has 2 N–H and O–H groups in total. The van der Waals surface area contributed by atoms with Gasteiger partial charge in [0.2, 0.25) is 10.0 Å². The van der Waals surface area contributed by atoms with E-state index in [2.05, 4.69) is 17.0 Å². The number of hydrogen-bond donors (Lipinski definition) is 2. The number of nitrogens with one attached hydrogen (secondary N) is 2. The van der Waals surface area contributed by atoms with Gasteiger partial charge in [-0.1, -0.05) is 6.92 Å².